The van der Waals surface area contributed by atoms with E-state index < -0.39 is 25.7 Å². The monoisotopic (exact) mass is 558 g/mol. The number of alkyl halides is 3. The maximum Gasteiger partial charge on any atom is 0.428 e. The number of halogens is 3. The van der Waals surface area contributed by atoms with Gasteiger partial charge in [-0.15, -0.1) is 36.2 Å². The topological polar surface area (TPSA) is 76.7 Å². The van der Waals surface area contributed by atoms with Crippen molar-refractivity contribution in [3.05, 3.63) is 0 Å². The molecule has 3 unspecified atom stereocenters. The van der Waals surface area contributed by atoms with Crippen LogP contribution in [0.4, 0.5) is 13.2 Å². The van der Waals surface area contributed by atoms with Gasteiger partial charge in [-0.2, -0.15) is 18.7 Å². The van der Waals surface area contributed by atoms with Crippen LogP contribution in [0, 0.1) is 5.92 Å². The molecule has 0 heterocycles. The summed E-state index contributed by atoms with van der Waals surface area (Å²) < 4.78 is 67.7. The molecule has 2 N–H and O–H groups in total. The van der Waals surface area contributed by atoms with Crippen molar-refractivity contribution >= 4 is 46.0 Å². The molecule has 0 fully saturated rings. The molecule has 0 radical (unpaired) electrons. The van der Waals surface area contributed by atoms with E-state index in [9.17, 15) is 21.6 Å². The van der Waals surface area contributed by atoms with Crippen LogP contribution in [0.2, 0.25) is 0 Å². The molecular weight excluding hydrogens is 517 g/mol. The lowest BCUT2D eigenvalue weighted by molar-refractivity contribution is -0.230. The number of unbranched alkanes of at least 4 members (excludes halogenated alkanes) is 3. The van der Waals surface area contributed by atoms with Crippen molar-refractivity contribution in [1.82, 2.24) is 10.8 Å². The number of thioether (sulfide) groups is 2. The van der Waals surface area contributed by atoms with Gasteiger partial charge in [-0.05, 0) is 18.8 Å². The van der Waals surface area contributed by atoms with Crippen LogP contribution in [0.25, 0.3) is 0 Å². The fourth-order valence-electron chi connectivity index (χ4n) is 2.38. The van der Waals surface area contributed by atoms with Gasteiger partial charge in [0.1, 0.15) is 13.2 Å². The van der Waals surface area contributed by atoms with Crippen LogP contribution in [-0.2, 0) is 19.4 Å². The second kappa shape index (κ2) is 17.1. The van der Waals surface area contributed by atoms with Crippen molar-refractivity contribution in [2.75, 3.05) is 37.5 Å². The highest BCUT2D eigenvalue weighted by Gasteiger charge is 2.42. The minimum absolute atomic E-state index is 0.000392. The fourth-order valence-corrected chi connectivity index (χ4v) is 6.91. The van der Waals surface area contributed by atoms with Gasteiger partial charge in [0.15, 0.2) is 0 Å². The lowest BCUT2D eigenvalue weighted by Crippen LogP contribution is -2.49. The van der Waals surface area contributed by atoms with Crippen LogP contribution >= 0.6 is 36.2 Å². The van der Waals surface area contributed by atoms with Crippen LogP contribution in [0.5, 0.6) is 0 Å². The molecule has 0 bridgehead atoms. The summed E-state index contributed by atoms with van der Waals surface area (Å²) in [5.74, 6) is 0.193. The Kier molecular flexibility index (Phi) is 17.5. The van der Waals surface area contributed by atoms with E-state index in [2.05, 4.69) is 10.8 Å². The largest absolute Gasteiger partial charge is 0.428 e. The number of ether oxygens (including phenoxy) is 1. The number of thiol groups is 1. The molecule has 33 heavy (non-hydrogen) atoms. The molecule has 200 valence electrons. The molecule has 0 aliphatic heterocycles. The molecule has 3 atom stereocenters. The molecule has 13 heteroatoms. The highest BCUT2D eigenvalue weighted by atomic mass is 32.3. The Morgan fingerprint density at radius 1 is 1.06 bits per heavy atom. The van der Waals surface area contributed by atoms with E-state index in [1.165, 1.54) is 23.5 Å². The normalized spacial score (nSPS) is 16.7. The van der Waals surface area contributed by atoms with Crippen LogP contribution in [-0.4, -0.2) is 67.1 Å². The molecule has 0 saturated heterocycles. The van der Waals surface area contributed by atoms with Gasteiger partial charge in [-0.1, -0.05) is 47.0 Å². The number of rotatable bonds is 20. The summed E-state index contributed by atoms with van der Waals surface area (Å²) in [5, 5.41) is 2.20. The van der Waals surface area contributed by atoms with E-state index in [1.54, 1.807) is 0 Å². The molecule has 0 saturated carbocycles. The number of sulfone groups is 1. The summed E-state index contributed by atoms with van der Waals surface area (Å²) in [4.78, 5) is 5.52. The molecule has 0 aliphatic carbocycles. The predicted molar refractivity (Wildman–Crippen MR) is 137 cm³/mol. The van der Waals surface area contributed by atoms with Gasteiger partial charge in [0.2, 0.25) is 6.23 Å². The zero-order valence-corrected chi connectivity index (χ0v) is 23.6. The maximum absolute atomic E-state index is 13.5. The SMILES string of the molecule is CCCCCOC(NCC(S)(SCCS(C)(=O)=O)SC(NOCCCC)C(C)C)C(F)(F)F. The van der Waals surface area contributed by atoms with E-state index in [1.807, 2.05) is 27.7 Å². The number of hydrogen-bond acceptors (Lipinski definition) is 9. The van der Waals surface area contributed by atoms with Gasteiger partial charge in [0.05, 0.1) is 17.7 Å². The van der Waals surface area contributed by atoms with E-state index >= 15 is 0 Å². The molecule has 0 spiro atoms. The van der Waals surface area contributed by atoms with Gasteiger partial charge in [0.25, 0.3) is 0 Å². The number of nitrogens with one attached hydrogen (secondary N) is 2. The molecule has 6 nitrogen and oxygen atoms in total. The molecule has 0 rings (SSSR count). The van der Waals surface area contributed by atoms with E-state index in [0.29, 0.717) is 13.0 Å². The maximum atomic E-state index is 13.5. The highest BCUT2D eigenvalue weighted by molar-refractivity contribution is 8.29. The summed E-state index contributed by atoms with van der Waals surface area (Å²) in [6, 6.07) is 0. The molecule has 0 amide bonds. The smallest absolute Gasteiger partial charge is 0.354 e. The quantitative estimate of drug-likeness (QED) is 0.0828. The van der Waals surface area contributed by atoms with Crippen molar-refractivity contribution in [3.63, 3.8) is 0 Å². The summed E-state index contributed by atoms with van der Waals surface area (Å²) in [6.45, 7) is 8.29. The second-order valence-corrected chi connectivity index (χ2v) is 14.9. The van der Waals surface area contributed by atoms with Crippen molar-refractivity contribution in [3.8, 4) is 0 Å². The Labute approximate surface area is 211 Å². The third-order valence-electron chi connectivity index (χ3n) is 4.34. The molecule has 0 aromatic heterocycles. The third-order valence-corrected chi connectivity index (χ3v) is 9.46. The fraction of sp³-hybridized carbons (Fsp3) is 1.00. The molecule has 0 aromatic carbocycles. The standard InChI is InChI=1S/C20H41F3N2O4S4/c1-6-8-10-11-28-18(20(21,22)23)24-15-19(30,31-13-14-33(5,26)27)32-17(16(3)4)25-29-12-9-7-2/h16-18,24-25,30H,6-15H2,1-5H3. The van der Waals surface area contributed by atoms with Crippen LogP contribution in [0.15, 0.2) is 0 Å². The Hall–Kier alpha value is 0.630. The summed E-state index contributed by atoms with van der Waals surface area (Å²) in [5.41, 5.74) is 2.98. The average Bonchev–Trinajstić information content (AvgIpc) is 2.67. The lowest BCUT2D eigenvalue weighted by atomic mass is 10.2. The van der Waals surface area contributed by atoms with Crippen molar-refractivity contribution in [2.45, 2.75) is 81.0 Å². The summed E-state index contributed by atoms with van der Waals surface area (Å²) in [6.07, 6.45) is -1.51. The predicted octanol–water partition coefficient (Wildman–Crippen LogP) is 5.07. The minimum Gasteiger partial charge on any atom is -0.354 e. The molecular formula is C20H41F3N2O4S4. The first-order chi connectivity index (χ1) is 15.2. The Morgan fingerprint density at radius 3 is 2.21 bits per heavy atom. The zero-order chi connectivity index (χ0) is 25.5. The highest BCUT2D eigenvalue weighted by Crippen LogP contribution is 2.44. The van der Waals surface area contributed by atoms with Gasteiger partial charge in [0, 0.05) is 25.2 Å². The molecule has 0 aliphatic rings. The van der Waals surface area contributed by atoms with Gasteiger partial charge >= 0.3 is 6.18 Å². The van der Waals surface area contributed by atoms with Gasteiger partial charge in [-0.3, -0.25) is 5.32 Å². The average molecular weight is 559 g/mol. The third kappa shape index (κ3) is 17.7. The van der Waals surface area contributed by atoms with Crippen LogP contribution < -0.4 is 10.8 Å². The van der Waals surface area contributed by atoms with E-state index in [-0.39, 0.29) is 35.9 Å². The number of hydrogen-bond donors (Lipinski definition) is 3. The Bertz CT molecular complexity index is 613. The van der Waals surface area contributed by atoms with Gasteiger partial charge in [-0.25, -0.2) is 8.42 Å². The first kappa shape index (κ1) is 33.6. The first-order valence-electron chi connectivity index (χ1n) is 11.2. The van der Waals surface area contributed by atoms with Crippen LogP contribution in [0.3, 0.4) is 0 Å². The summed E-state index contributed by atoms with van der Waals surface area (Å²) >= 11 is 7.19. The Morgan fingerprint density at radius 2 is 1.70 bits per heavy atom. The summed E-state index contributed by atoms with van der Waals surface area (Å²) in [7, 11) is -3.21. The lowest BCUT2D eigenvalue weighted by Gasteiger charge is -2.35. The molecule has 0 aromatic rings. The van der Waals surface area contributed by atoms with Crippen molar-refractivity contribution in [2.24, 2.45) is 5.92 Å². The van der Waals surface area contributed by atoms with E-state index in [0.717, 1.165) is 31.9 Å². The number of hydroxylamine groups is 1. The minimum atomic E-state index is -4.58. The van der Waals surface area contributed by atoms with Crippen LogP contribution in [0.1, 0.15) is 59.8 Å². The van der Waals surface area contributed by atoms with Crippen molar-refractivity contribution < 1.29 is 31.2 Å². The van der Waals surface area contributed by atoms with Crippen molar-refractivity contribution in [1.29, 1.82) is 0 Å². The zero-order valence-electron chi connectivity index (χ0n) is 20.2. The Balaban J connectivity index is 5.31. The second-order valence-electron chi connectivity index (χ2n) is 8.17. The van der Waals surface area contributed by atoms with Gasteiger partial charge < -0.3 is 9.57 Å². The van der Waals surface area contributed by atoms with E-state index in [4.69, 9.17) is 22.2 Å². The first-order valence-corrected chi connectivity index (χ1v) is 15.6.